The molecule has 0 radical (unpaired) electrons. The Balaban J connectivity index is 1.94. The highest BCUT2D eigenvalue weighted by atomic mass is 35.5. The van der Waals surface area contributed by atoms with Crippen molar-refractivity contribution in [2.45, 2.75) is 18.7 Å². The van der Waals surface area contributed by atoms with E-state index in [2.05, 4.69) is 0 Å². The van der Waals surface area contributed by atoms with Gasteiger partial charge >= 0.3 is 0 Å². The summed E-state index contributed by atoms with van der Waals surface area (Å²) in [4.78, 5) is 0. The van der Waals surface area contributed by atoms with Gasteiger partial charge in [-0.1, -0.05) is 34.8 Å². The van der Waals surface area contributed by atoms with Crippen molar-refractivity contribution < 1.29 is 24.4 Å². The summed E-state index contributed by atoms with van der Waals surface area (Å²) >= 11 is 17.6. The zero-order valence-corrected chi connectivity index (χ0v) is 11.8. The van der Waals surface area contributed by atoms with Gasteiger partial charge in [-0.15, -0.1) is 0 Å². The van der Waals surface area contributed by atoms with Gasteiger partial charge in [-0.05, 0) is 6.07 Å². The maximum Gasteiger partial charge on any atom is 0.207 e. The third-order valence-corrected chi connectivity index (χ3v) is 3.45. The topological polar surface area (TPSA) is 68.2 Å². The van der Waals surface area contributed by atoms with Crippen LogP contribution in [0.15, 0.2) is 12.1 Å². The number of aliphatic hydroxyl groups excluding tert-OH is 2. The second-order valence-corrected chi connectivity index (χ2v) is 5.10. The van der Waals surface area contributed by atoms with Gasteiger partial charge in [0.15, 0.2) is 0 Å². The molecule has 1 aromatic rings. The molecule has 19 heavy (non-hydrogen) atoms. The van der Waals surface area contributed by atoms with E-state index < -0.39 is 18.7 Å². The molecule has 2 rings (SSSR count). The molecule has 1 fully saturated rings. The predicted octanol–water partition coefficient (Wildman–Crippen LogP) is 2.08. The largest absolute Gasteiger partial charge is 0.489 e. The van der Waals surface area contributed by atoms with Crippen molar-refractivity contribution >= 4 is 34.8 Å². The van der Waals surface area contributed by atoms with Crippen LogP contribution in [0.2, 0.25) is 15.1 Å². The number of benzene rings is 1. The van der Waals surface area contributed by atoms with Crippen LogP contribution in [0, 0.1) is 0 Å². The quantitative estimate of drug-likeness (QED) is 0.831. The number of ether oxygens (including phenoxy) is 3. The normalized spacial score (nSPS) is 27.3. The summed E-state index contributed by atoms with van der Waals surface area (Å²) in [7, 11) is 0. The zero-order valence-electron chi connectivity index (χ0n) is 9.55. The van der Waals surface area contributed by atoms with Crippen molar-refractivity contribution in [2.24, 2.45) is 0 Å². The van der Waals surface area contributed by atoms with Crippen LogP contribution in [0.5, 0.6) is 5.75 Å². The molecule has 0 bridgehead atoms. The molecular formula is C11H11Cl3O5. The van der Waals surface area contributed by atoms with Gasteiger partial charge in [0, 0.05) is 6.07 Å². The molecule has 8 heteroatoms. The SMILES string of the molecule is O[C@@H]1OC[C@@H](COc2cc(Cl)c(Cl)cc2Cl)O[C@H]1O. The Morgan fingerprint density at radius 2 is 1.79 bits per heavy atom. The first-order valence-corrected chi connectivity index (χ1v) is 6.51. The first kappa shape index (κ1) is 15.1. The Hall–Kier alpha value is -0.270. The molecule has 0 aromatic heterocycles. The maximum absolute atomic E-state index is 9.26. The summed E-state index contributed by atoms with van der Waals surface area (Å²) in [6.07, 6.45) is -3.26. The molecule has 1 aliphatic heterocycles. The van der Waals surface area contributed by atoms with E-state index in [1.807, 2.05) is 0 Å². The van der Waals surface area contributed by atoms with E-state index in [0.717, 1.165) is 0 Å². The smallest absolute Gasteiger partial charge is 0.207 e. The van der Waals surface area contributed by atoms with E-state index in [0.29, 0.717) is 20.8 Å². The van der Waals surface area contributed by atoms with E-state index in [1.54, 1.807) is 0 Å². The summed E-state index contributed by atoms with van der Waals surface area (Å²) in [5, 5.41) is 19.3. The minimum atomic E-state index is -1.40. The van der Waals surface area contributed by atoms with Crippen LogP contribution in [0.3, 0.4) is 0 Å². The highest BCUT2D eigenvalue weighted by molar-refractivity contribution is 6.43. The van der Waals surface area contributed by atoms with E-state index in [1.165, 1.54) is 12.1 Å². The van der Waals surface area contributed by atoms with Crippen molar-refractivity contribution in [3.63, 3.8) is 0 Å². The molecule has 0 unspecified atom stereocenters. The van der Waals surface area contributed by atoms with Crippen LogP contribution in [0.4, 0.5) is 0 Å². The molecule has 1 aliphatic rings. The van der Waals surface area contributed by atoms with E-state index >= 15 is 0 Å². The van der Waals surface area contributed by atoms with E-state index in [9.17, 15) is 5.11 Å². The summed E-state index contributed by atoms with van der Waals surface area (Å²) in [5.74, 6) is 0.347. The van der Waals surface area contributed by atoms with Gasteiger partial charge < -0.3 is 24.4 Å². The van der Waals surface area contributed by atoms with Gasteiger partial charge in [-0.3, -0.25) is 0 Å². The molecule has 1 heterocycles. The molecule has 0 spiro atoms. The third-order valence-electron chi connectivity index (χ3n) is 2.43. The molecular weight excluding hydrogens is 318 g/mol. The summed E-state index contributed by atoms with van der Waals surface area (Å²) in [6, 6.07) is 2.96. The van der Waals surface area contributed by atoms with Gasteiger partial charge in [-0.2, -0.15) is 0 Å². The zero-order chi connectivity index (χ0) is 14.0. The lowest BCUT2D eigenvalue weighted by Gasteiger charge is -2.30. The molecule has 1 aromatic carbocycles. The van der Waals surface area contributed by atoms with Gasteiger partial charge in [0.25, 0.3) is 0 Å². The highest BCUT2D eigenvalue weighted by Crippen LogP contribution is 2.34. The second-order valence-electron chi connectivity index (χ2n) is 3.88. The molecule has 1 saturated heterocycles. The lowest BCUT2D eigenvalue weighted by atomic mass is 10.3. The minimum absolute atomic E-state index is 0.0848. The third kappa shape index (κ3) is 3.86. The fraction of sp³-hybridized carbons (Fsp3) is 0.455. The minimum Gasteiger partial charge on any atom is -0.489 e. The molecule has 2 N–H and O–H groups in total. The van der Waals surface area contributed by atoms with E-state index in [-0.39, 0.29) is 13.2 Å². The van der Waals surface area contributed by atoms with Crippen LogP contribution < -0.4 is 4.74 Å². The van der Waals surface area contributed by atoms with Gasteiger partial charge in [0.1, 0.15) is 18.5 Å². The Labute approximate surface area is 124 Å². The van der Waals surface area contributed by atoms with E-state index in [4.69, 9.17) is 54.1 Å². The summed E-state index contributed by atoms with van der Waals surface area (Å²) in [5.41, 5.74) is 0. The molecule has 0 saturated carbocycles. The van der Waals surface area contributed by atoms with Crippen molar-refractivity contribution in [1.29, 1.82) is 0 Å². The van der Waals surface area contributed by atoms with Gasteiger partial charge in [-0.25, -0.2) is 0 Å². The number of hydrogen-bond donors (Lipinski definition) is 2. The Morgan fingerprint density at radius 3 is 2.47 bits per heavy atom. The number of rotatable bonds is 3. The lowest BCUT2D eigenvalue weighted by Crippen LogP contribution is -2.45. The molecule has 0 amide bonds. The summed E-state index contributed by atoms with van der Waals surface area (Å²) < 4.78 is 15.4. The Kier molecular flexibility index (Phi) is 5.14. The van der Waals surface area contributed by atoms with Crippen LogP contribution in [0.1, 0.15) is 0 Å². The van der Waals surface area contributed by atoms with Crippen molar-refractivity contribution in [3.8, 4) is 5.75 Å². The average molecular weight is 330 g/mol. The van der Waals surface area contributed by atoms with Crippen molar-refractivity contribution in [3.05, 3.63) is 27.2 Å². The fourth-order valence-electron chi connectivity index (χ4n) is 1.48. The first-order valence-electron chi connectivity index (χ1n) is 5.38. The number of aliphatic hydroxyl groups is 2. The molecule has 3 atom stereocenters. The van der Waals surface area contributed by atoms with Crippen molar-refractivity contribution in [2.75, 3.05) is 13.2 Å². The standard InChI is InChI=1S/C11H11Cl3O5/c12-6-1-8(14)9(2-7(6)13)17-3-5-4-18-10(15)11(16)19-5/h1-2,5,10-11,15-16H,3-4H2/t5-,10-,11-/m1/s1. The molecule has 0 aliphatic carbocycles. The van der Waals surface area contributed by atoms with Crippen LogP contribution in [0.25, 0.3) is 0 Å². The Bertz CT molecular complexity index is 456. The lowest BCUT2D eigenvalue weighted by molar-refractivity contribution is -0.316. The fourth-order valence-corrected chi connectivity index (χ4v) is 2.07. The molecule has 106 valence electrons. The van der Waals surface area contributed by atoms with Crippen LogP contribution >= 0.6 is 34.8 Å². The monoisotopic (exact) mass is 328 g/mol. The molecule has 5 nitrogen and oxygen atoms in total. The van der Waals surface area contributed by atoms with Crippen LogP contribution in [-0.2, 0) is 9.47 Å². The first-order chi connectivity index (χ1) is 8.97. The van der Waals surface area contributed by atoms with Crippen molar-refractivity contribution in [1.82, 2.24) is 0 Å². The predicted molar refractivity (Wildman–Crippen MR) is 69.8 cm³/mol. The van der Waals surface area contributed by atoms with Gasteiger partial charge in [0.2, 0.25) is 12.6 Å². The van der Waals surface area contributed by atoms with Gasteiger partial charge in [0.05, 0.1) is 21.7 Å². The second kappa shape index (κ2) is 6.45. The number of halogens is 3. The Morgan fingerprint density at radius 1 is 1.11 bits per heavy atom. The van der Waals surface area contributed by atoms with Crippen LogP contribution in [-0.4, -0.2) is 42.1 Å². The highest BCUT2D eigenvalue weighted by Gasteiger charge is 2.29. The summed E-state index contributed by atoms with van der Waals surface area (Å²) in [6.45, 7) is 0.179. The number of hydrogen-bond acceptors (Lipinski definition) is 5. The maximum atomic E-state index is 9.26. The average Bonchev–Trinajstić information content (AvgIpc) is 2.36.